The molecule has 0 spiro atoms. The Morgan fingerprint density at radius 2 is 1.41 bits per heavy atom. The fourth-order valence-corrected chi connectivity index (χ4v) is 3.72. The van der Waals surface area contributed by atoms with Gasteiger partial charge in [-0.3, -0.25) is 0 Å². The lowest BCUT2D eigenvalue weighted by molar-refractivity contribution is -0.193. The zero-order chi connectivity index (χ0) is 39.9. The maximum atomic E-state index is 13.5. The Labute approximate surface area is 244 Å². The summed E-state index contributed by atoms with van der Waals surface area (Å²) in [6.07, 6.45) is -11.9. The minimum Gasteiger partial charge on any atom is -0.475 e. The van der Waals surface area contributed by atoms with Crippen LogP contribution in [0.1, 0.15) is 31.6 Å². The summed E-state index contributed by atoms with van der Waals surface area (Å²) in [4.78, 5) is 17.2. The van der Waals surface area contributed by atoms with Gasteiger partial charge in [0.1, 0.15) is 0 Å². The molecule has 41 heavy (non-hydrogen) atoms. The van der Waals surface area contributed by atoms with Gasteiger partial charge in [0.15, 0.2) is 0 Å². The molecule has 0 bridgehead atoms. The summed E-state index contributed by atoms with van der Waals surface area (Å²) in [6.45, 7) is -12.6. The number of aliphatic carboxylic acids is 2. The van der Waals surface area contributed by atoms with Gasteiger partial charge < -0.3 is 26.8 Å². The molecule has 2 atom stereocenters. The van der Waals surface area contributed by atoms with E-state index in [1.165, 1.54) is 12.1 Å². The van der Waals surface area contributed by atoms with Gasteiger partial charge in [-0.25, -0.2) is 18.0 Å². The second kappa shape index (κ2) is 16.1. The first-order chi connectivity index (χ1) is 22.2. The molecule has 7 N–H and O–H groups in total. The third kappa shape index (κ3) is 14.7. The van der Waals surface area contributed by atoms with Gasteiger partial charge in [-0.2, -0.15) is 30.6 Å². The lowest BCUT2D eigenvalue weighted by atomic mass is 10.0. The van der Waals surface area contributed by atoms with Crippen molar-refractivity contribution >= 4 is 27.6 Å². The van der Waals surface area contributed by atoms with Crippen molar-refractivity contribution in [1.29, 1.82) is 0 Å². The summed E-state index contributed by atoms with van der Waals surface area (Å²) in [7, 11) is -5.01. The number of hydrogen-bond acceptors (Lipinski definition) is 7. The van der Waals surface area contributed by atoms with Gasteiger partial charge in [0.2, 0.25) is 10.0 Å². The molecule has 0 saturated heterocycles. The van der Waals surface area contributed by atoms with Gasteiger partial charge in [-0.15, -0.1) is 0 Å². The van der Waals surface area contributed by atoms with Crippen LogP contribution in [-0.2, 0) is 26.0 Å². The first kappa shape index (κ1) is 24.2. The van der Waals surface area contributed by atoms with E-state index in [2.05, 4.69) is 0 Å². The minimum atomic E-state index is -5.08. The molecule has 17 heteroatoms. The Kier molecular flexibility index (Phi) is 9.53. The predicted molar refractivity (Wildman–Crippen MR) is 136 cm³/mol. The van der Waals surface area contributed by atoms with Gasteiger partial charge in [0, 0.05) is 37.1 Å². The third-order valence-electron chi connectivity index (χ3n) is 4.35. The second-order valence-electron chi connectivity index (χ2n) is 7.62. The molecule has 2 aromatic carbocycles. The number of nitrogens with zero attached hydrogens (tertiary/aromatic N) is 1. The normalized spacial score (nSPS) is 17.8. The Balaban J connectivity index is 0.00000143. The summed E-state index contributed by atoms with van der Waals surface area (Å²) in [6, 6.07) is 11.9. The monoisotopic (exact) mass is 628 g/mol. The minimum absolute atomic E-state index is 0.0469. The Hall–Kier alpha value is -3.41. The van der Waals surface area contributed by atoms with Crippen LogP contribution in [0.2, 0.25) is 0 Å². The number of nitrogen functional groups attached to an aromatic ring is 1. The lowest BCUT2D eigenvalue weighted by Gasteiger charge is -2.28. The Morgan fingerprint density at radius 3 is 1.80 bits per heavy atom. The van der Waals surface area contributed by atoms with E-state index in [-0.39, 0.29) is 16.4 Å². The molecule has 0 aliphatic heterocycles. The van der Waals surface area contributed by atoms with Crippen molar-refractivity contribution in [3.8, 4) is 0 Å². The molecule has 232 valence electrons. The molecule has 0 aromatic heterocycles. The molecule has 10 nitrogen and oxygen atoms in total. The topological polar surface area (TPSA) is 184 Å². The van der Waals surface area contributed by atoms with E-state index in [4.69, 9.17) is 43.6 Å². The maximum Gasteiger partial charge on any atom is 0.490 e. The van der Waals surface area contributed by atoms with E-state index in [1.807, 2.05) is 0 Å². The second-order valence-corrected chi connectivity index (χ2v) is 9.48. The van der Waals surface area contributed by atoms with Crippen LogP contribution >= 0.6 is 0 Å². The number of aliphatic hydroxyl groups is 1. The molecule has 2 aromatic rings. The summed E-state index contributed by atoms with van der Waals surface area (Å²) in [5.74, 6) is -9.45. The van der Waals surface area contributed by atoms with E-state index in [1.54, 1.807) is 30.3 Å². The van der Waals surface area contributed by atoms with Crippen molar-refractivity contribution in [3.05, 3.63) is 60.2 Å². The summed E-state index contributed by atoms with van der Waals surface area (Å²) < 4.78 is 162. The molecule has 0 fully saturated rings. The van der Waals surface area contributed by atoms with Crippen molar-refractivity contribution in [3.63, 3.8) is 0 Å². The van der Waals surface area contributed by atoms with Crippen LogP contribution in [0.3, 0.4) is 0 Å². The van der Waals surface area contributed by atoms with Crippen LogP contribution in [0, 0.1) is 5.89 Å². The Morgan fingerprint density at radius 1 is 0.976 bits per heavy atom. The SMILES string of the molecule is O=C(O)C(F)(F)F.O=C(O)C(F)(F)F.[2H]C([2H])([2H])C([2H])(C([2H])([2H])[2H])C([2H])([2H])N(C[C@@H](O)[C@H](N)Cc1ccccc1)S(=O)(=O)c1ccc(N)cc1. The van der Waals surface area contributed by atoms with Crippen LogP contribution in [0.15, 0.2) is 59.5 Å². The summed E-state index contributed by atoms with van der Waals surface area (Å²) >= 11 is 0. The Bertz CT molecular complexity index is 1490. The van der Waals surface area contributed by atoms with E-state index in [0.717, 1.165) is 12.1 Å². The van der Waals surface area contributed by atoms with Crippen molar-refractivity contribution < 1.29 is 72.0 Å². The molecule has 0 radical (unpaired) electrons. The first-order valence-electron chi connectivity index (χ1n) is 15.1. The van der Waals surface area contributed by atoms with Gasteiger partial charge in [0.05, 0.1) is 11.0 Å². The highest BCUT2D eigenvalue weighted by Gasteiger charge is 2.39. The number of hydrogen-bond donors (Lipinski definition) is 5. The maximum absolute atomic E-state index is 13.5. The number of benzene rings is 2. The number of carbonyl (C=O) groups is 2. The average molecular weight is 629 g/mol. The molecular formula is C24H31F6N3O7S. The first-order valence-corrected chi connectivity index (χ1v) is 12.1. The van der Waals surface area contributed by atoms with Gasteiger partial charge in [-0.1, -0.05) is 44.0 Å². The lowest BCUT2D eigenvalue weighted by Crippen LogP contribution is -2.47. The zero-order valence-electron chi connectivity index (χ0n) is 29.5. The fourth-order valence-electron chi connectivity index (χ4n) is 2.42. The third-order valence-corrected chi connectivity index (χ3v) is 6.04. The van der Waals surface area contributed by atoms with Crippen molar-refractivity contribution in [2.45, 2.75) is 49.5 Å². The predicted octanol–water partition coefficient (Wildman–Crippen LogP) is 3.11. The molecule has 0 unspecified atom stereocenters. The molecule has 0 saturated carbocycles. The highest BCUT2D eigenvalue weighted by molar-refractivity contribution is 7.89. The van der Waals surface area contributed by atoms with Crippen LogP contribution in [-0.4, -0.2) is 77.5 Å². The molecule has 2 rings (SSSR count). The summed E-state index contributed by atoms with van der Waals surface area (Å²) in [5, 5.41) is 25.0. The van der Waals surface area contributed by atoms with Crippen LogP contribution in [0.4, 0.5) is 32.0 Å². The van der Waals surface area contributed by atoms with Crippen molar-refractivity contribution in [2.24, 2.45) is 11.6 Å². The van der Waals surface area contributed by atoms with E-state index < -0.39 is 84.0 Å². The molecular weight excluding hydrogens is 588 g/mol. The van der Waals surface area contributed by atoms with Crippen LogP contribution < -0.4 is 11.5 Å². The van der Waals surface area contributed by atoms with Gasteiger partial charge in [-0.05, 0) is 42.1 Å². The molecule has 0 amide bonds. The number of halogens is 6. The molecule has 0 heterocycles. The quantitative estimate of drug-likeness (QED) is 0.206. The van der Waals surface area contributed by atoms with Crippen molar-refractivity contribution in [1.82, 2.24) is 4.31 Å². The fraction of sp³-hybridized carbons (Fsp3) is 0.417. The number of anilines is 1. The number of rotatable bonds is 9. The highest BCUT2D eigenvalue weighted by Crippen LogP contribution is 2.20. The van der Waals surface area contributed by atoms with E-state index in [9.17, 15) is 39.9 Å². The number of aliphatic hydroxyl groups excluding tert-OH is 1. The standard InChI is InChI=1S/C20H29N3O3S.2C2HF3O2/c1-15(2)13-23(27(25,26)18-10-8-17(21)9-11-18)14-20(24)19(22)12-16-6-4-3-5-7-16;2*3-2(4,5)1(6)7/h3-11,15,19-20,24H,12-14,21-22H2,1-2H3;2*(H,6,7)/t19-,20-;;/m1../s1/i1D3,2D3,13D2,15D;;. The van der Waals surface area contributed by atoms with E-state index in [0.29, 0.717) is 5.56 Å². The van der Waals surface area contributed by atoms with E-state index >= 15 is 0 Å². The smallest absolute Gasteiger partial charge is 0.475 e. The number of alkyl halides is 6. The molecule has 0 aliphatic rings. The number of carboxylic acid groups (broad SMARTS) is 2. The zero-order valence-corrected chi connectivity index (χ0v) is 21.3. The van der Waals surface area contributed by atoms with Gasteiger partial charge >= 0.3 is 24.3 Å². The van der Waals surface area contributed by atoms with Gasteiger partial charge in [0.25, 0.3) is 0 Å². The largest absolute Gasteiger partial charge is 0.490 e. The number of nitrogens with two attached hydrogens (primary N) is 2. The molecule has 0 aliphatic carbocycles. The van der Waals surface area contributed by atoms with Crippen molar-refractivity contribution in [2.75, 3.05) is 18.8 Å². The number of carboxylic acids is 2. The van der Waals surface area contributed by atoms with Crippen LogP contribution in [0.5, 0.6) is 0 Å². The summed E-state index contributed by atoms with van der Waals surface area (Å²) in [5.41, 5.74) is 12.5. The average Bonchev–Trinajstić information content (AvgIpc) is 2.94. The number of sulfonamides is 1. The van der Waals surface area contributed by atoms with Crippen LogP contribution in [0.25, 0.3) is 0 Å². The highest BCUT2D eigenvalue weighted by atomic mass is 32.2.